The third-order valence-corrected chi connectivity index (χ3v) is 4.96. The highest BCUT2D eigenvalue weighted by atomic mass is 32.2. The summed E-state index contributed by atoms with van der Waals surface area (Å²) in [4.78, 5) is 24.6. The third-order valence-electron chi connectivity index (χ3n) is 3.44. The number of anilines is 1. The van der Waals surface area contributed by atoms with Gasteiger partial charge in [0.25, 0.3) is 0 Å². The summed E-state index contributed by atoms with van der Waals surface area (Å²) in [5.74, 6) is -0.268. The number of amides is 1. The average Bonchev–Trinajstić information content (AvgIpc) is 3.05. The third kappa shape index (κ3) is 6.32. The van der Waals surface area contributed by atoms with Crippen molar-refractivity contribution < 1.29 is 18.0 Å². The number of carbonyl (C=O) groups excluding carboxylic acids is 2. The van der Waals surface area contributed by atoms with E-state index in [1.54, 1.807) is 43.3 Å². The number of thiophene rings is 1. The van der Waals surface area contributed by atoms with E-state index in [1.165, 1.54) is 11.3 Å². The van der Waals surface area contributed by atoms with Crippen LogP contribution in [-0.4, -0.2) is 26.4 Å². The molecule has 0 bridgehead atoms. The van der Waals surface area contributed by atoms with Gasteiger partial charge in [-0.15, -0.1) is 11.3 Å². The molecule has 2 rings (SSSR count). The van der Waals surface area contributed by atoms with Gasteiger partial charge < -0.3 is 5.32 Å². The van der Waals surface area contributed by atoms with Gasteiger partial charge in [-0.05, 0) is 36.1 Å². The molecule has 25 heavy (non-hydrogen) atoms. The number of sulfonamides is 1. The lowest BCUT2D eigenvalue weighted by Gasteiger charge is -2.15. The summed E-state index contributed by atoms with van der Waals surface area (Å²) in [6.45, 7) is 1.80. The van der Waals surface area contributed by atoms with E-state index in [0.29, 0.717) is 10.6 Å². The molecule has 0 fully saturated rings. The maximum absolute atomic E-state index is 12.0. The zero-order valence-electron chi connectivity index (χ0n) is 14.0. The molecule has 1 atom stereocenters. The molecule has 1 aromatic heterocycles. The van der Waals surface area contributed by atoms with Crippen molar-refractivity contribution in [2.45, 2.75) is 25.8 Å². The molecule has 2 N–H and O–H groups in total. The Morgan fingerprint density at radius 3 is 2.56 bits per heavy atom. The molecule has 0 aliphatic rings. The second-order valence-corrected chi connectivity index (χ2v) is 8.39. The Bertz CT molecular complexity index is 845. The number of hydrogen-bond donors (Lipinski definition) is 2. The number of benzene rings is 1. The van der Waals surface area contributed by atoms with E-state index in [1.807, 2.05) is 5.38 Å². The Labute approximate surface area is 151 Å². The molecule has 134 valence electrons. The molecule has 8 heteroatoms. The van der Waals surface area contributed by atoms with E-state index < -0.39 is 10.0 Å². The van der Waals surface area contributed by atoms with Gasteiger partial charge in [-0.25, -0.2) is 8.42 Å². The van der Waals surface area contributed by atoms with Crippen molar-refractivity contribution in [3.63, 3.8) is 0 Å². The fraction of sp³-hybridized carbons (Fsp3) is 0.294. The van der Waals surface area contributed by atoms with Gasteiger partial charge in [0.15, 0.2) is 5.78 Å². The van der Waals surface area contributed by atoms with Gasteiger partial charge in [0, 0.05) is 18.5 Å². The normalized spacial score (nSPS) is 12.4. The van der Waals surface area contributed by atoms with Crippen LogP contribution in [0.15, 0.2) is 41.8 Å². The SMILES string of the molecule is C[C@H](NC(=O)CCC(=O)c1cccs1)c1cccc(NS(C)(=O)=O)c1. The summed E-state index contributed by atoms with van der Waals surface area (Å²) in [7, 11) is -3.36. The topological polar surface area (TPSA) is 92.3 Å². The maximum atomic E-state index is 12.0. The minimum atomic E-state index is -3.36. The van der Waals surface area contributed by atoms with Crippen molar-refractivity contribution in [1.82, 2.24) is 5.32 Å². The van der Waals surface area contributed by atoms with Crippen molar-refractivity contribution in [2.75, 3.05) is 11.0 Å². The highest BCUT2D eigenvalue weighted by Crippen LogP contribution is 2.18. The lowest BCUT2D eigenvalue weighted by atomic mass is 10.1. The predicted octanol–water partition coefficient (Wildman–Crippen LogP) is 2.96. The second kappa shape index (κ2) is 8.26. The molecule has 1 heterocycles. The monoisotopic (exact) mass is 380 g/mol. The van der Waals surface area contributed by atoms with Crippen LogP contribution in [0.4, 0.5) is 5.69 Å². The van der Waals surface area contributed by atoms with Gasteiger partial charge in [0.2, 0.25) is 15.9 Å². The molecule has 0 saturated carbocycles. The van der Waals surface area contributed by atoms with Crippen LogP contribution in [-0.2, 0) is 14.8 Å². The first-order valence-corrected chi connectivity index (χ1v) is 10.5. The largest absolute Gasteiger partial charge is 0.350 e. The molecule has 6 nitrogen and oxygen atoms in total. The van der Waals surface area contributed by atoms with Crippen LogP contribution in [0, 0.1) is 0 Å². The van der Waals surface area contributed by atoms with Gasteiger partial charge in [-0.1, -0.05) is 18.2 Å². The van der Waals surface area contributed by atoms with Crippen LogP contribution >= 0.6 is 11.3 Å². The van der Waals surface area contributed by atoms with Crippen molar-refractivity contribution in [1.29, 1.82) is 0 Å². The Hall–Kier alpha value is -2.19. The molecule has 0 aliphatic carbocycles. The number of rotatable bonds is 8. The van der Waals surface area contributed by atoms with Crippen molar-refractivity contribution in [3.05, 3.63) is 52.2 Å². The van der Waals surface area contributed by atoms with Crippen LogP contribution in [0.2, 0.25) is 0 Å². The Kier molecular flexibility index (Phi) is 6.33. The zero-order valence-corrected chi connectivity index (χ0v) is 15.6. The van der Waals surface area contributed by atoms with E-state index in [9.17, 15) is 18.0 Å². The van der Waals surface area contributed by atoms with E-state index in [-0.39, 0.29) is 30.6 Å². The molecule has 0 radical (unpaired) electrons. The first-order valence-electron chi connectivity index (χ1n) is 7.68. The molecule has 0 spiro atoms. The zero-order chi connectivity index (χ0) is 18.4. The summed E-state index contributed by atoms with van der Waals surface area (Å²) in [5.41, 5.74) is 1.21. The van der Waals surface area contributed by atoms with Gasteiger partial charge in [-0.3, -0.25) is 14.3 Å². The molecule has 0 saturated heterocycles. The van der Waals surface area contributed by atoms with Crippen LogP contribution in [0.3, 0.4) is 0 Å². The number of nitrogens with one attached hydrogen (secondary N) is 2. The first kappa shape index (κ1) is 19.1. The van der Waals surface area contributed by atoms with E-state index in [2.05, 4.69) is 10.0 Å². The van der Waals surface area contributed by atoms with Crippen LogP contribution in [0.5, 0.6) is 0 Å². The highest BCUT2D eigenvalue weighted by Gasteiger charge is 2.13. The van der Waals surface area contributed by atoms with Gasteiger partial charge >= 0.3 is 0 Å². The summed E-state index contributed by atoms with van der Waals surface area (Å²) in [6.07, 6.45) is 1.35. The van der Waals surface area contributed by atoms with Crippen LogP contribution in [0.1, 0.15) is 41.0 Å². The summed E-state index contributed by atoms with van der Waals surface area (Å²) >= 11 is 1.36. The second-order valence-electron chi connectivity index (χ2n) is 5.69. The molecule has 1 aromatic carbocycles. The quantitative estimate of drug-likeness (QED) is 0.689. The molecule has 1 amide bonds. The Morgan fingerprint density at radius 1 is 1.16 bits per heavy atom. The number of carbonyl (C=O) groups is 2. The smallest absolute Gasteiger partial charge is 0.229 e. The number of Topliss-reactive ketones (excluding diaryl/α,β-unsaturated/α-hetero) is 1. The van der Waals surface area contributed by atoms with E-state index >= 15 is 0 Å². The van der Waals surface area contributed by atoms with Gasteiger partial charge in [0.1, 0.15) is 0 Å². The van der Waals surface area contributed by atoms with Crippen LogP contribution in [0.25, 0.3) is 0 Å². The molecule has 0 unspecified atom stereocenters. The summed E-state index contributed by atoms with van der Waals surface area (Å²) < 4.78 is 25.0. The standard InChI is InChI=1S/C17H20N2O4S2/c1-12(13-5-3-6-14(11-13)19-25(2,22)23)18-17(21)9-8-15(20)16-7-4-10-24-16/h3-7,10-12,19H,8-9H2,1-2H3,(H,18,21)/t12-/m0/s1. The fourth-order valence-corrected chi connectivity index (χ4v) is 3.52. The molecular weight excluding hydrogens is 360 g/mol. The fourth-order valence-electron chi connectivity index (χ4n) is 2.27. The predicted molar refractivity (Wildman–Crippen MR) is 99.3 cm³/mol. The lowest BCUT2D eigenvalue weighted by Crippen LogP contribution is -2.27. The maximum Gasteiger partial charge on any atom is 0.229 e. The van der Waals surface area contributed by atoms with Crippen molar-refractivity contribution in [2.24, 2.45) is 0 Å². The molecule has 2 aromatic rings. The average molecular weight is 380 g/mol. The molecular formula is C17H20N2O4S2. The van der Waals surface area contributed by atoms with Crippen molar-refractivity contribution in [3.8, 4) is 0 Å². The minimum absolute atomic E-state index is 0.0443. The van der Waals surface area contributed by atoms with Crippen molar-refractivity contribution >= 4 is 38.7 Å². The summed E-state index contributed by atoms with van der Waals surface area (Å²) in [6, 6.07) is 10.1. The number of ketones is 1. The van der Waals surface area contributed by atoms with Crippen LogP contribution < -0.4 is 10.0 Å². The lowest BCUT2D eigenvalue weighted by molar-refractivity contribution is -0.121. The Balaban J connectivity index is 1.90. The van der Waals surface area contributed by atoms with E-state index in [0.717, 1.165) is 11.8 Å². The number of hydrogen-bond acceptors (Lipinski definition) is 5. The van der Waals surface area contributed by atoms with Gasteiger partial charge in [-0.2, -0.15) is 0 Å². The Morgan fingerprint density at radius 2 is 1.92 bits per heavy atom. The highest BCUT2D eigenvalue weighted by molar-refractivity contribution is 7.92. The minimum Gasteiger partial charge on any atom is -0.350 e. The summed E-state index contributed by atoms with van der Waals surface area (Å²) in [5, 5.41) is 4.65. The first-order chi connectivity index (χ1) is 11.7. The van der Waals surface area contributed by atoms with E-state index in [4.69, 9.17) is 0 Å². The molecule has 0 aliphatic heterocycles. The van der Waals surface area contributed by atoms with Gasteiger partial charge in [0.05, 0.1) is 17.2 Å².